The first-order chi connectivity index (χ1) is 10.8. The molecule has 1 rings (SSSR count). The minimum Gasteiger partial charge on any atom is -0.444 e. The molecule has 0 atom stereocenters. The van der Waals surface area contributed by atoms with E-state index >= 15 is 0 Å². The van der Waals surface area contributed by atoms with E-state index in [9.17, 15) is 4.79 Å². The van der Waals surface area contributed by atoms with Gasteiger partial charge in [0, 0.05) is 19.1 Å². The van der Waals surface area contributed by atoms with Crippen molar-refractivity contribution in [3.8, 4) is 0 Å². The Morgan fingerprint density at radius 3 is 2.48 bits per heavy atom. The van der Waals surface area contributed by atoms with E-state index < -0.39 is 5.60 Å². The van der Waals surface area contributed by atoms with Gasteiger partial charge in [0.25, 0.3) is 0 Å². The highest BCUT2D eigenvalue weighted by molar-refractivity contribution is 5.78. The van der Waals surface area contributed by atoms with Gasteiger partial charge in [-0.1, -0.05) is 26.2 Å². The molecular formula is C17H34N4O2. The third kappa shape index (κ3) is 8.67. The molecule has 0 saturated heterocycles. The van der Waals surface area contributed by atoms with Crippen molar-refractivity contribution in [1.29, 1.82) is 0 Å². The number of nitrogens with one attached hydrogen (secondary N) is 1. The highest BCUT2D eigenvalue weighted by Gasteiger charge is 2.21. The molecule has 1 amide bonds. The number of carbonyl (C=O) groups excluding carboxylic acids is 1. The standard InChI is InChI=1S/C17H34N4O2/c1-5-12-21(16(22)23-17(2,3)4)13-11-19-15(18)20-14-9-7-6-8-10-14/h14H,5-13H2,1-4H3,(H3,18,19,20). The van der Waals surface area contributed by atoms with E-state index in [1.54, 1.807) is 4.90 Å². The van der Waals surface area contributed by atoms with Crippen molar-refractivity contribution in [1.82, 2.24) is 10.2 Å². The molecule has 6 heteroatoms. The smallest absolute Gasteiger partial charge is 0.410 e. The molecule has 0 bridgehead atoms. The monoisotopic (exact) mass is 326 g/mol. The first-order valence-corrected chi connectivity index (χ1v) is 8.86. The van der Waals surface area contributed by atoms with E-state index in [2.05, 4.69) is 10.3 Å². The molecule has 0 heterocycles. The van der Waals surface area contributed by atoms with Gasteiger partial charge in [-0.3, -0.25) is 4.99 Å². The second-order valence-electron chi connectivity index (χ2n) is 7.21. The lowest BCUT2D eigenvalue weighted by atomic mass is 9.96. The fourth-order valence-corrected chi connectivity index (χ4v) is 2.68. The van der Waals surface area contributed by atoms with E-state index in [4.69, 9.17) is 10.5 Å². The second kappa shape index (κ2) is 9.63. The first kappa shape index (κ1) is 19.6. The largest absolute Gasteiger partial charge is 0.444 e. The summed E-state index contributed by atoms with van der Waals surface area (Å²) in [5.41, 5.74) is 5.47. The first-order valence-electron chi connectivity index (χ1n) is 8.86. The third-order valence-electron chi connectivity index (χ3n) is 3.75. The van der Waals surface area contributed by atoms with Crippen molar-refractivity contribution < 1.29 is 9.53 Å². The van der Waals surface area contributed by atoms with Crippen LogP contribution in [0, 0.1) is 0 Å². The zero-order chi connectivity index (χ0) is 17.3. The molecule has 1 fully saturated rings. The number of ether oxygens (including phenoxy) is 1. The topological polar surface area (TPSA) is 80.0 Å². The molecule has 0 aromatic heterocycles. The molecule has 0 radical (unpaired) electrons. The van der Waals surface area contributed by atoms with E-state index in [1.807, 2.05) is 27.7 Å². The summed E-state index contributed by atoms with van der Waals surface area (Å²) in [6, 6.07) is 0.449. The summed E-state index contributed by atoms with van der Waals surface area (Å²) in [5.74, 6) is 0.484. The zero-order valence-corrected chi connectivity index (χ0v) is 15.2. The fraction of sp³-hybridized carbons (Fsp3) is 0.882. The molecule has 0 aromatic rings. The maximum absolute atomic E-state index is 12.1. The highest BCUT2D eigenvalue weighted by Crippen LogP contribution is 2.17. The molecule has 6 nitrogen and oxygen atoms in total. The van der Waals surface area contributed by atoms with E-state index in [0.29, 0.717) is 31.6 Å². The molecule has 0 unspecified atom stereocenters. The van der Waals surface area contributed by atoms with E-state index in [1.165, 1.54) is 19.3 Å². The molecule has 1 aliphatic rings. The Hall–Kier alpha value is -1.46. The SMILES string of the molecule is CCCN(CCN=C(N)NC1CCCCC1)C(=O)OC(C)(C)C. The Labute approximate surface area is 140 Å². The number of hydrogen-bond acceptors (Lipinski definition) is 3. The van der Waals surface area contributed by atoms with Crippen LogP contribution >= 0.6 is 0 Å². The van der Waals surface area contributed by atoms with Crippen LogP contribution in [0.1, 0.15) is 66.2 Å². The van der Waals surface area contributed by atoms with Crippen LogP contribution in [0.15, 0.2) is 4.99 Å². The summed E-state index contributed by atoms with van der Waals surface area (Å²) < 4.78 is 5.42. The molecular weight excluding hydrogens is 292 g/mol. The number of rotatable bonds is 6. The van der Waals surface area contributed by atoms with E-state index in [-0.39, 0.29) is 6.09 Å². The van der Waals surface area contributed by atoms with Crippen molar-refractivity contribution in [2.45, 2.75) is 77.9 Å². The summed E-state index contributed by atoms with van der Waals surface area (Å²) >= 11 is 0. The number of carbonyl (C=O) groups is 1. The Kier molecular flexibility index (Phi) is 8.20. The van der Waals surface area contributed by atoms with Crippen LogP contribution in [0.5, 0.6) is 0 Å². The molecule has 0 spiro atoms. The normalized spacial score (nSPS) is 17.0. The predicted molar refractivity (Wildman–Crippen MR) is 94.6 cm³/mol. The lowest BCUT2D eigenvalue weighted by molar-refractivity contribution is 0.0256. The summed E-state index contributed by atoms with van der Waals surface area (Å²) in [7, 11) is 0. The lowest BCUT2D eigenvalue weighted by Crippen LogP contribution is -2.42. The Bertz CT molecular complexity index is 385. The van der Waals surface area contributed by atoms with Crippen molar-refractivity contribution in [2.24, 2.45) is 10.7 Å². The van der Waals surface area contributed by atoms with Gasteiger partial charge < -0.3 is 20.7 Å². The van der Waals surface area contributed by atoms with Crippen LogP contribution in [0.4, 0.5) is 4.79 Å². The Balaban J connectivity index is 2.41. The number of amides is 1. The van der Waals surface area contributed by atoms with Gasteiger partial charge in [-0.05, 0) is 40.0 Å². The summed E-state index contributed by atoms with van der Waals surface area (Å²) in [5, 5.41) is 3.29. The molecule has 0 aliphatic heterocycles. The predicted octanol–water partition coefficient (Wildman–Crippen LogP) is 2.87. The summed E-state index contributed by atoms with van der Waals surface area (Å²) in [6.07, 6.45) is 6.76. The van der Waals surface area contributed by atoms with Crippen LogP contribution < -0.4 is 11.1 Å². The van der Waals surface area contributed by atoms with Crippen molar-refractivity contribution in [2.75, 3.05) is 19.6 Å². The highest BCUT2D eigenvalue weighted by atomic mass is 16.6. The number of nitrogens with two attached hydrogens (primary N) is 1. The van der Waals surface area contributed by atoms with E-state index in [0.717, 1.165) is 19.3 Å². The number of hydrogen-bond donors (Lipinski definition) is 2. The van der Waals surface area contributed by atoms with Crippen LogP contribution in [-0.4, -0.2) is 48.2 Å². The zero-order valence-electron chi connectivity index (χ0n) is 15.2. The average molecular weight is 326 g/mol. The Morgan fingerprint density at radius 2 is 1.91 bits per heavy atom. The van der Waals surface area contributed by atoms with Gasteiger partial charge in [-0.2, -0.15) is 0 Å². The van der Waals surface area contributed by atoms with Crippen LogP contribution in [0.25, 0.3) is 0 Å². The maximum atomic E-state index is 12.1. The van der Waals surface area contributed by atoms with Gasteiger partial charge in [-0.15, -0.1) is 0 Å². The third-order valence-corrected chi connectivity index (χ3v) is 3.75. The quantitative estimate of drug-likeness (QED) is 0.581. The number of guanidine groups is 1. The molecule has 3 N–H and O–H groups in total. The maximum Gasteiger partial charge on any atom is 0.410 e. The Morgan fingerprint density at radius 1 is 1.26 bits per heavy atom. The van der Waals surface area contributed by atoms with Gasteiger partial charge in [-0.25, -0.2) is 4.79 Å². The number of aliphatic imine (C=N–C) groups is 1. The molecule has 134 valence electrons. The molecule has 1 saturated carbocycles. The van der Waals surface area contributed by atoms with Crippen LogP contribution in [0.2, 0.25) is 0 Å². The summed E-state index contributed by atoms with van der Waals surface area (Å²) in [4.78, 5) is 18.2. The van der Waals surface area contributed by atoms with Crippen molar-refractivity contribution in [3.05, 3.63) is 0 Å². The second-order valence-corrected chi connectivity index (χ2v) is 7.21. The van der Waals surface area contributed by atoms with Gasteiger partial charge in [0.1, 0.15) is 5.60 Å². The summed E-state index contributed by atoms with van der Waals surface area (Å²) in [6.45, 7) is 9.35. The minimum atomic E-state index is -0.478. The van der Waals surface area contributed by atoms with Gasteiger partial charge in [0.15, 0.2) is 5.96 Å². The van der Waals surface area contributed by atoms with Crippen LogP contribution in [-0.2, 0) is 4.74 Å². The van der Waals surface area contributed by atoms with Gasteiger partial charge in [0.2, 0.25) is 0 Å². The minimum absolute atomic E-state index is 0.284. The molecule has 23 heavy (non-hydrogen) atoms. The van der Waals surface area contributed by atoms with Crippen LogP contribution in [0.3, 0.4) is 0 Å². The average Bonchev–Trinajstić information content (AvgIpc) is 2.45. The van der Waals surface area contributed by atoms with Crippen molar-refractivity contribution >= 4 is 12.1 Å². The van der Waals surface area contributed by atoms with Gasteiger partial charge in [0.05, 0.1) is 6.54 Å². The number of nitrogens with zero attached hydrogens (tertiary/aromatic N) is 2. The molecule has 1 aliphatic carbocycles. The van der Waals surface area contributed by atoms with Crippen molar-refractivity contribution in [3.63, 3.8) is 0 Å². The lowest BCUT2D eigenvalue weighted by Gasteiger charge is -2.27. The van der Waals surface area contributed by atoms with Gasteiger partial charge >= 0.3 is 6.09 Å². The fourth-order valence-electron chi connectivity index (χ4n) is 2.68. The molecule has 0 aromatic carbocycles.